The van der Waals surface area contributed by atoms with E-state index in [4.69, 9.17) is 11.6 Å². The highest BCUT2D eigenvalue weighted by Gasteiger charge is 2.32. The van der Waals surface area contributed by atoms with Crippen LogP contribution in [0.1, 0.15) is 18.4 Å². The summed E-state index contributed by atoms with van der Waals surface area (Å²) in [6.45, 7) is 2.99. The molecule has 170 valence electrons. The Morgan fingerprint density at radius 3 is 2.31 bits per heavy atom. The quantitative estimate of drug-likeness (QED) is 0.660. The average molecular weight is 476 g/mol. The minimum Gasteiger partial charge on any atom is -0.356 e. The lowest BCUT2D eigenvalue weighted by Crippen LogP contribution is -2.52. The minimum atomic E-state index is -3.54. The summed E-state index contributed by atoms with van der Waals surface area (Å²) in [4.78, 5) is 25.2. The van der Waals surface area contributed by atoms with E-state index in [-0.39, 0.29) is 11.8 Å². The van der Waals surface area contributed by atoms with Gasteiger partial charge in [0.2, 0.25) is 15.9 Å². The highest BCUT2D eigenvalue weighted by atomic mass is 35.5. The molecule has 0 radical (unpaired) electrons. The highest BCUT2D eigenvalue weighted by Crippen LogP contribution is 2.24. The first kappa shape index (κ1) is 22.7. The number of nitrogens with zero attached hydrogens (tertiary/aromatic N) is 5. The number of piperazine rings is 1. The lowest BCUT2D eigenvalue weighted by Gasteiger charge is -2.38. The number of carbonyl (C=O) groups excluding carboxylic acids is 1. The molecular formula is C22H26ClN5O3S. The van der Waals surface area contributed by atoms with Gasteiger partial charge in [-0.15, -0.1) is 0 Å². The zero-order chi connectivity index (χ0) is 22.6. The second kappa shape index (κ2) is 9.97. The molecule has 0 saturated carbocycles. The van der Waals surface area contributed by atoms with Crippen LogP contribution in [0, 0.1) is 5.92 Å². The summed E-state index contributed by atoms with van der Waals surface area (Å²) in [6.07, 6.45) is 6.35. The smallest absolute Gasteiger partial charge is 0.236 e. The molecule has 2 saturated heterocycles. The fraction of sp³-hybridized carbons (Fsp3) is 0.409. The van der Waals surface area contributed by atoms with Crippen LogP contribution in [0.4, 0.5) is 5.82 Å². The summed E-state index contributed by atoms with van der Waals surface area (Å²) in [7, 11) is -3.54. The highest BCUT2D eigenvalue weighted by molar-refractivity contribution is 7.92. The van der Waals surface area contributed by atoms with Crippen molar-refractivity contribution < 1.29 is 13.2 Å². The molecule has 2 aliphatic heterocycles. The molecule has 2 fully saturated rings. The van der Waals surface area contributed by atoms with Gasteiger partial charge in [0.05, 0.1) is 0 Å². The number of sulfonamides is 1. The fourth-order valence-corrected chi connectivity index (χ4v) is 5.37. The maximum atomic E-state index is 13.0. The normalized spacial score (nSPS) is 18.9. The second-order valence-electron chi connectivity index (χ2n) is 7.95. The van der Waals surface area contributed by atoms with Crippen LogP contribution < -0.4 is 4.90 Å². The fourth-order valence-electron chi connectivity index (χ4n) is 4.07. The van der Waals surface area contributed by atoms with Crippen LogP contribution in [0.5, 0.6) is 0 Å². The topological polar surface area (TPSA) is 86.7 Å². The first-order valence-corrected chi connectivity index (χ1v) is 12.5. The largest absolute Gasteiger partial charge is 0.356 e. The van der Waals surface area contributed by atoms with Gasteiger partial charge in [-0.2, -0.15) is 4.31 Å². The number of halogens is 1. The molecule has 1 aromatic heterocycles. The van der Waals surface area contributed by atoms with Gasteiger partial charge in [0, 0.05) is 61.8 Å². The SMILES string of the molecule is O=C(C1CCN(c2ccncn2)CC1)N1CCN(S(=O)(=O)C=Cc2ccc(Cl)cc2)CC1. The van der Waals surface area contributed by atoms with Crippen LogP contribution in [-0.2, 0) is 14.8 Å². The van der Waals surface area contributed by atoms with Gasteiger partial charge in [0.25, 0.3) is 0 Å². The first-order valence-electron chi connectivity index (χ1n) is 10.7. The van der Waals surface area contributed by atoms with Gasteiger partial charge in [-0.1, -0.05) is 23.7 Å². The van der Waals surface area contributed by atoms with Crippen LogP contribution in [0.15, 0.2) is 48.3 Å². The van der Waals surface area contributed by atoms with E-state index in [9.17, 15) is 13.2 Å². The molecule has 0 aliphatic carbocycles. The minimum absolute atomic E-state index is 0.0268. The Bertz CT molecular complexity index is 1050. The average Bonchev–Trinajstić information content (AvgIpc) is 2.84. The van der Waals surface area contributed by atoms with Crippen molar-refractivity contribution in [3.63, 3.8) is 0 Å². The second-order valence-corrected chi connectivity index (χ2v) is 10.2. The van der Waals surface area contributed by atoms with Crippen LogP contribution in [0.2, 0.25) is 5.02 Å². The zero-order valence-corrected chi connectivity index (χ0v) is 19.2. The first-order chi connectivity index (χ1) is 15.4. The summed E-state index contributed by atoms with van der Waals surface area (Å²) in [5, 5.41) is 1.82. The standard InChI is InChI=1S/C22H26ClN5O3S/c23-20-3-1-18(2-4-20)8-16-32(30,31)28-14-12-27(13-15-28)22(29)19-6-10-26(11-7-19)21-5-9-24-17-25-21/h1-5,8-9,16-17,19H,6-7,10-15H2. The summed E-state index contributed by atoms with van der Waals surface area (Å²) in [5.41, 5.74) is 0.764. The van der Waals surface area contributed by atoms with Crippen molar-refractivity contribution in [1.82, 2.24) is 19.2 Å². The molecule has 0 spiro atoms. The van der Waals surface area contributed by atoms with E-state index in [1.165, 1.54) is 16.0 Å². The van der Waals surface area contributed by atoms with E-state index in [1.54, 1.807) is 41.4 Å². The van der Waals surface area contributed by atoms with Crippen molar-refractivity contribution in [2.75, 3.05) is 44.2 Å². The predicted octanol–water partition coefficient (Wildman–Crippen LogP) is 2.49. The Hall–Kier alpha value is -2.49. The number of hydrogen-bond acceptors (Lipinski definition) is 6. The molecular weight excluding hydrogens is 450 g/mol. The Kier molecular flexibility index (Phi) is 7.07. The number of carbonyl (C=O) groups is 1. The summed E-state index contributed by atoms with van der Waals surface area (Å²) < 4.78 is 26.8. The molecule has 0 unspecified atom stereocenters. The van der Waals surface area contributed by atoms with E-state index in [0.29, 0.717) is 31.2 Å². The van der Waals surface area contributed by atoms with Crippen LogP contribution >= 0.6 is 11.6 Å². The number of aromatic nitrogens is 2. The van der Waals surface area contributed by atoms with Gasteiger partial charge in [-0.25, -0.2) is 18.4 Å². The number of benzene rings is 1. The molecule has 2 aliphatic rings. The maximum Gasteiger partial charge on any atom is 0.236 e. The van der Waals surface area contributed by atoms with Gasteiger partial charge in [0.15, 0.2) is 0 Å². The number of amides is 1. The summed E-state index contributed by atoms with van der Waals surface area (Å²) in [6, 6.07) is 8.85. The van der Waals surface area contributed by atoms with E-state index in [2.05, 4.69) is 14.9 Å². The van der Waals surface area contributed by atoms with Gasteiger partial charge in [-0.3, -0.25) is 4.79 Å². The molecule has 0 N–H and O–H groups in total. The van der Waals surface area contributed by atoms with Crippen molar-refractivity contribution >= 4 is 39.4 Å². The van der Waals surface area contributed by atoms with Crippen LogP contribution in [0.25, 0.3) is 6.08 Å². The van der Waals surface area contributed by atoms with Crippen molar-refractivity contribution in [3.05, 3.63) is 58.9 Å². The molecule has 32 heavy (non-hydrogen) atoms. The van der Waals surface area contributed by atoms with Crippen molar-refractivity contribution in [2.45, 2.75) is 12.8 Å². The van der Waals surface area contributed by atoms with E-state index < -0.39 is 10.0 Å². The van der Waals surface area contributed by atoms with Gasteiger partial charge < -0.3 is 9.80 Å². The molecule has 10 heteroatoms. The van der Waals surface area contributed by atoms with Gasteiger partial charge >= 0.3 is 0 Å². The van der Waals surface area contributed by atoms with Crippen molar-refractivity contribution in [1.29, 1.82) is 0 Å². The zero-order valence-electron chi connectivity index (χ0n) is 17.7. The van der Waals surface area contributed by atoms with E-state index >= 15 is 0 Å². The van der Waals surface area contributed by atoms with Crippen LogP contribution in [-0.4, -0.2) is 72.8 Å². The molecule has 4 rings (SSSR count). The third-order valence-electron chi connectivity index (χ3n) is 5.95. The molecule has 8 nitrogen and oxygen atoms in total. The van der Waals surface area contributed by atoms with E-state index in [1.807, 2.05) is 6.07 Å². The number of anilines is 1. The maximum absolute atomic E-state index is 13.0. The molecule has 2 aromatic rings. The lowest BCUT2D eigenvalue weighted by atomic mass is 9.95. The number of hydrogen-bond donors (Lipinski definition) is 0. The molecule has 1 amide bonds. The monoisotopic (exact) mass is 475 g/mol. The Morgan fingerprint density at radius 1 is 1.00 bits per heavy atom. The van der Waals surface area contributed by atoms with Crippen molar-refractivity contribution in [3.8, 4) is 0 Å². The number of rotatable bonds is 5. The molecule has 3 heterocycles. The Morgan fingerprint density at radius 2 is 1.69 bits per heavy atom. The van der Waals surface area contributed by atoms with Gasteiger partial charge in [-0.05, 0) is 42.7 Å². The number of piperidine rings is 1. The van der Waals surface area contributed by atoms with Gasteiger partial charge in [0.1, 0.15) is 12.1 Å². The molecule has 1 aromatic carbocycles. The summed E-state index contributed by atoms with van der Waals surface area (Å²) >= 11 is 5.86. The van der Waals surface area contributed by atoms with E-state index in [0.717, 1.165) is 37.3 Å². The molecule has 0 atom stereocenters. The van der Waals surface area contributed by atoms with Crippen LogP contribution in [0.3, 0.4) is 0 Å². The predicted molar refractivity (Wildman–Crippen MR) is 125 cm³/mol. The Balaban J connectivity index is 1.27. The third-order valence-corrected chi connectivity index (χ3v) is 7.76. The Labute approximate surface area is 193 Å². The third kappa shape index (κ3) is 5.46. The molecule has 0 bridgehead atoms. The summed E-state index contributed by atoms with van der Waals surface area (Å²) in [5.74, 6) is 0.985. The van der Waals surface area contributed by atoms with Crippen molar-refractivity contribution in [2.24, 2.45) is 5.92 Å². The lowest BCUT2D eigenvalue weighted by molar-refractivity contribution is -0.137.